The zero-order chi connectivity index (χ0) is 15.4. The summed E-state index contributed by atoms with van der Waals surface area (Å²) >= 11 is 1.55. The maximum absolute atomic E-state index is 12.1. The highest BCUT2D eigenvalue weighted by Crippen LogP contribution is 2.13. The van der Waals surface area contributed by atoms with Crippen molar-refractivity contribution in [3.05, 3.63) is 33.5 Å². The molecule has 0 spiro atoms. The molecule has 0 bridgehead atoms. The highest BCUT2D eigenvalue weighted by molar-refractivity contribution is 7.09. The van der Waals surface area contributed by atoms with E-state index in [0.717, 1.165) is 29.2 Å². The third kappa shape index (κ3) is 3.91. The number of hydrogen-bond donors (Lipinski definition) is 1. The smallest absolute Gasteiger partial charge is 0.270 e. The summed E-state index contributed by atoms with van der Waals surface area (Å²) in [5.41, 5.74) is 2.62. The fourth-order valence-electron chi connectivity index (χ4n) is 2.25. The zero-order valence-electron chi connectivity index (χ0n) is 13.0. The largest absolute Gasteiger partial charge is 0.349 e. The summed E-state index contributed by atoms with van der Waals surface area (Å²) in [5.74, 6) is -0.109. The Balaban J connectivity index is 1.92. The van der Waals surface area contributed by atoms with Crippen molar-refractivity contribution in [3.8, 4) is 0 Å². The molecule has 5 nitrogen and oxygen atoms in total. The van der Waals surface area contributed by atoms with E-state index in [0.29, 0.717) is 12.2 Å². The second-order valence-corrected chi connectivity index (χ2v) is 6.25. The molecule has 0 saturated heterocycles. The molecule has 0 saturated carbocycles. The van der Waals surface area contributed by atoms with E-state index >= 15 is 0 Å². The summed E-state index contributed by atoms with van der Waals surface area (Å²) in [5, 5.41) is 10.2. The second-order valence-electron chi connectivity index (χ2n) is 5.31. The molecule has 2 heterocycles. The minimum atomic E-state index is -0.109. The number of hydrogen-bond acceptors (Lipinski definition) is 4. The van der Waals surface area contributed by atoms with Crippen LogP contribution in [0.3, 0.4) is 0 Å². The molecule has 2 aromatic rings. The van der Waals surface area contributed by atoms with Gasteiger partial charge in [0.1, 0.15) is 5.69 Å². The predicted octanol–water partition coefficient (Wildman–Crippen LogP) is 2.90. The van der Waals surface area contributed by atoms with Gasteiger partial charge in [0.15, 0.2) is 0 Å². The van der Waals surface area contributed by atoms with Crippen LogP contribution in [0.5, 0.6) is 0 Å². The number of thiazole rings is 1. The molecule has 0 aliphatic heterocycles. The van der Waals surface area contributed by atoms with E-state index < -0.39 is 0 Å². The number of nitrogens with zero attached hydrogens (tertiary/aromatic N) is 3. The first-order valence-electron chi connectivity index (χ1n) is 7.26. The second kappa shape index (κ2) is 6.85. The Bertz CT molecular complexity index is 617. The standard InChI is InChI=1S/C15H22N4OS/c1-5-6-14-17-13(9-21-14)15(20)16-8-12(4)19-11(3)7-10(2)18-19/h7,9,12H,5-6,8H2,1-4H3,(H,16,20)/t12-/m1/s1. The molecule has 0 fully saturated rings. The van der Waals surface area contributed by atoms with Crippen molar-refractivity contribution in [1.29, 1.82) is 0 Å². The summed E-state index contributed by atoms with van der Waals surface area (Å²) in [4.78, 5) is 16.4. The Hall–Kier alpha value is -1.69. The van der Waals surface area contributed by atoms with Crippen LogP contribution < -0.4 is 5.32 Å². The Morgan fingerprint density at radius 3 is 2.86 bits per heavy atom. The van der Waals surface area contributed by atoms with Gasteiger partial charge < -0.3 is 5.32 Å². The summed E-state index contributed by atoms with van der Waals surface area (Å²) in [6.07, 6.45) is 1.98. The molecule has 0 radical (unpaired) electrons. The SMILES string of the molecule is CCCc1nc(C(=O)NC[C@@H](C)n2nc(C)cc2C)cs1. The maximum Gasteiger partial charge on any atom is 0.270 e. The van der Waals surface area contributed by atoms with Crippen molar-refractivity contribution >= 4 is 17.2 Å². The molecule has 0 aliphatic rings. The van der Waals surface area contributed by atoms with Crippen LogP contribution in [0.1, 0.15) is 53.2 Å². The molecule has 114 valence electrons. The molecule has 21 heavy (non-hydrogen) atoms. The van der Waals surface area contributed by atoms with Crippen LogP contribution >= 0.6 is 11.3 Å². The van der Waals surface area contributed by atoms with Gasteiger partial charge >= 0.3 is 0 Å². The fraction of sp³-hybridized carbons (Fsp3) is 0.533. The Kier molecular flexibility index (Phi) is 5.12. The third-order valence-electron chi connectivity index (χ3n) is 3.27. The number of nitrogens with one attached hydrogen (secondary N) is 1. The average molecular weight is 306 g/mol. The average Bonchev–Trinajstić information content (AvgIpc) is 3.03. The Morgan fingerprint density at radius 2 is 2.24 bits per heavy atom. The lowest BCUT2D eigenvalue weighted by atomic mass is 10.3. The van der Waals surface area contributed by atoms with Gasteiger partial charge in [0.05, 0.1) is 16.7 Å². The summed E-state index contributed by atoms with van der Waals surface area (Å²) in [6, 6.07) is 2.16. The Labute approximate surface area is 129 Å². The van der Waals surface area contributed by atoms with Gasteiger partial charge in [-0.2, -0.15) is 5.10 Å². The number of amides is 1. The van der Waals surface area contributed by atoms with Crippen LogP contribution in [-0.4, -0.2) is 27.2 Å². The predicted molar refractivity (Wildman–Crippen MR) is 84.9 cm³/mol. The van der Waals surface area contributed by atoms with Gasteiger partial charge in [0, 0.05) is 17.6 Å². The number of aromatic nitrogens is 3. The molecule has 2 aromatic heterocycles. The first-order chi connectivity index (χ1) is 10.0. The number of carbonyl (C=O) groups excluding carboxylic acids is 1. The molecular formula is C15H22N4OS. The van der Waals surface area contributed by atoms with Crippen molar-refractivity contribution in [2.24, 2.45) is 0 Å². The van der Waals surface area contributed by atoms with E-state index in [2.05, 4.69) is 22.3 Å². The highest BCUT2D eigenvalue weighted by Gasteiger charge is 2.14. The van der Waals surface area contributed by atoms with Crippen molar-refractivity contribution in [2.75, 3.05) is 6.54 Å². The van der Waals surface area contributed by atoms with Gasteiger partial charge in [-0.05, 0) is 39.7 Å². The molecule has 0 aliphatic carbocycles. The minimum Gasteiger partial charge on any atom is -0.349 e. The normalized spacial score (nSPS) is 12.4. The molecule has 2 rings (SSSR count). The summed E-state index contributed by atoms with van der Waals surface area (Å²) in [7, 11) is 0. The molecular weight excluding hydrogens is 284 g/mol. The van der Waals surface area contributed by atoms with Crippen molar-refractivity contribution < 1.29 is 4.79 Å². The van der Waals surface area contributed by atoms with Gasteiger partial charge in [-0.1, -0.05) is 6.92 Å². The number of carbonyl (C=O) groups is 1. The van der Waals surface area contributed by atoms with Crippen LogP contribution in [0.4, 0.5) is 0 Å². The lowest BCUT2D eigenvalue weighted by Gasteiger charge is -2.14. The number of rotatable bonds is 6. The monoisotopic (exact) mass is 306 g/mol. The van der Waals surface area contributed by atoms with E-state index in [1.807, 2.05) is 36.9 Å². The van der Waals surface area contributed by atoms with E-state index in [-0.39, 0.29) is 11.9 Å². The quantitative estimate of drug-likeness (QED) is 0.892. The first-order valence-corrected chi connectivity index (χ1v) is 8.14. The van der Waals surface area contributed by atoms with Gasteiger partial charge in [0.25, 0.3) is 5.91 Å². The van der Waals surface area contributed by atoms with Crippen LogP contribution in [0, 0.1) is 13.8 Å². The van der Waals surface area contributed by atoms with Crippen molar-refractivity contribution in [1.82, 2.24) is 20.1 Å². The van der Waals surface area contributed by atoms with Gasteiger partial charge in [-0.25, -0.2) is 4.98 Å². The number of aryl methyl sites for hydroxylation is 3. The van der Waals surface area contributed by atoms with Gasteiger partial charge in [0.2, 0.25) is 0 Å². The summed E-state index contributed by atoms with van der Waals surface area (Å²) < 4.78 is 1.94. The minimum absolute atomic E-state index is 0.109. The fourth-order valence-corrected chi connectivity index (χ4v) is 3.13. The van der Waals surface area contributed by atoms with Crippen molar-refractivity contribution in [2.45, 2.75) is 46.6 Å². The van der Waals surface area contributed by atoms with E-state index in [9.17, 15) is 4.79 Å². The lowest BCUT2D eigenvalue weighted by molar-refractivity contribution is 0.0943. The van der Waals surface area contributed by atoms with Gasteiger partial charge in [-0.15, -0.1) is 11.3 Å². The van der Waals surface area contributed by atoms with E-state index in [1.54, 1.807) is 11.3 Å². The highest BCUT2D eigenvalue weighted by atomic mass is 32.1. The van der Waals surface area contributed by atoms with Crippen LogP contribution in [0.15, 0.2) is 11.4 Å². The Morgan fingerprint density at radius 1 is 1.48 bits per heavy atom. The molecule has 0 aromatic carbocycles. The maximum atomic E-state index is 12.1. The van der Waals surface area contributed by atoms with E-state index in [1.165, 1.54) is 0 Å². The van der Waals surface area contributed by atoms with Crippen LogP contribution in [-0.2, 0) is 6.42 Å². The molecule has 1 amide bonds. The lowest BCUT2D eigenvalue weighted by Crippen LogP contribution is -2.30. The topological polar surface area (TPSA) is 59.8 Å². The van der Waals surface area contributed by atoms with E-state index in [4.69, 9.17) is 0 Å². The van der Waals surface area contributed by atoms with Crippen LogP contribution in [0.25, 0.3) is 0 Å². The molecule has 1 N–H and O–H groups in total. The molecule has 0 unspecified atom stereocenters. The van der Waals surface area contributed by atoms with Gasteiger partial charge in [-0.3, -0.25) is 9.48 Å². The molecule has 6 heteroatoms. The zero-order valence-corrected chi connectivity index (χ0v) is 13.8. The third-order valence-corrected chi connectivity index (χ3v) is 4.18. The molecule has 1 atom stereocenters. The first kappa shape index (κ1) is 15.7. The van der Waals surface area contributed by atoms with Crippen LogP contribution in [0.2, 0.25) is 0 Å². The van der Waals surface area contributed by atoms with Crippen molar-refractivity contribution in [3.63, 3.8) is 0 Å². The summed E-state index contributed by atoms with van der Waals surface area (Å²) in [6.45, 7) is 8.69.